The second kappa shape index (κ2) is 9.44. The normalized spacial score (nSPS) is 11.0. The fraction of sp³-hybridized carbons (Fsp3) is 0.115. The quantitative estimate of drug-likeness (QED) is 0.309. The molecule has 2 N–H and O–H groups in total. The van der Waals surface area contributed by atoms with Crippen LogP contribution in [0.1, 0.15) is 5.56 Å². The lowest BCUT2D eigenvalue weighted by Gasteiger charge is -2.11. The molecule has 2 heterocycles. The topological polar surface area (TPSA) is 84.8 Å². The molecule has 2 aromatic heterocycles. The van der Waals surface area contributed by atoms with E-state index in [4.69, 9.17) is 4.74 Å². The van der Waals surface area contributed by atoms with Gasteiger partial charge in [-0.1, -0.05) is 48.2 Å². The average molecular weight is 470 g/mol. The first-order valence-corrected chi connectivity index (χ1v) is 11.8. The Labute approximate surface area is 201 Å². The first kappa shape index (κ1) is 21.8. The lowest BCUT2D eigenvalue weighted by Crippen LogP contribution is -2.14. The van der Waals surface area contributed by atoms with Crippen molar-refractivity contribution in [2.45, 2.75) is 12.1 Å². The number of fused-ring (bicyclic) bond motifs is 1. The van der Waals surface area contributed by atoms with Gasteiger partial charge in [0.25, 0.3) is 0 Å². The molecule has 0 saturated carbocycles. The molecule has 5 aromatic rings. The fourth-order valence-electron chi connectivity index (χ4n) is 3.82. The molecule has 8 heteroatoms. The van der Waals surface area contributed by atoms with Gasteiger partial charge in [-0.2, -0.15) is 0 Å². The van der Waals surface area contributed by atoms with Crippen molar-refractivity contribution in [1.82, 2.24) is 19.7 Å². The number of carbonyl (C=O) groups excluding carboxylic acids is 1. The molecule has 0 fully saturated rings. The number of rotatable bonds is 7. The molecule has 0 aliphatic carbocycles. The summed E-state index contributed by atoms with van der Waals surface area (Å²) in [6.07, 6.45) is 1.95. The van der Waals surface area contributed by atoms with Crippen LogP contribution in [0, 0.1) is 6.92 Å². The Morgan fingerprint density at radius 1 is 1.06 bits per heavy atom. The predicted octanol–water partition coefficient (Wildman–Crippen LogP) is 5.46. The maximum atomic E-state index is 12.7. The van der Waals surface area contributed by atoms with Crippen LogP contribution in [0.15, 0.2) is 84.1 Å². The Kier molecular flexibility index (Phi) is 6.05. The molecule has 0 atom stereocenters. The van der Waals surface area contributed by atoms with E-state index in [9.17, 15) is 4.79 Å². The number of hydrogen-bond acceptors (Lipinski definition) is 5. The minimum atomic E-state index is -0.134. The number of hydrogen-bond donors (Lipinski definition) is 2. The van der Waals surface area contributed by atoms with Gasteiger partial charge in [0, 0.05) is 40.1 Å². The highest BCUT2D eigenvalue weighted by Gasteiger charge is 2.20. The maximum absolute atomic E-state index is 12.7. The number of ether oxygens (including phenoxy) is 1. The number of nitrogens with one attached hydrogen (secondary N) is 2. The zero-order valence-corrected chi connectivity index (χ0v) is 19.6. The minimum absolute atomic E-state index is 0.134. The van der Waals surface area contributed by atoms with Crippen molar-refractivity contribution in [3.8, 4) is 22.8 Å². The van der Waals surface area contributed by atoms with E-state index in [0.29, 0.717) is 16.6 Å². The minimum Gasteiger partial charge on any atom is -0.497 e. The third-order valence-electron chi connectivity index (χ3n) is 5.41. The van der Waals surface area contributed by atoms with Gasteiger partial charge in [0.2, 0.25) is 5.91 Å². The second-order valence-electron chi connectivity index (χ2n) is 7.80. The van der Waals surface area contributed by atoms with Gasteiger partial charge in [-0.3, -0.25) is 9.36 Å². The summed E-state index contributed by atoms with van der Waals surface area (Å²) in [7, 11) is 1.60. The van der Waals surface area contributed by atoms with Gasteiger partial charge in [-0.25, -0.2) is 0 Å². The van der Waals surface area contributed by atoms with Gasteiger partial charge in [0.05, 0.1) is 12.9 Å². The standard InChI is InChI=1S/C26H23N5O2S/c1-17-7-5-9-19(13-17)31-25(22-15-27-23-12-4-3-11-21(22)23)29-30-26(31)34-16-24(32)28-18-8-6-10-20(14-18)33-2/h3-15,27H,16H2,1-2H3,(H,28,32). The molecule has 0 spiro atoms. The van der Waals surface area contributed by atoms with E-state index < -0.39 is 0 Å². The van der Waals surface area contributed by atoms with Crippen molar-refractivity contribution < 1.29 is 9.53 Å². The maximum Gasteiger partial charge on any atom is 0.234 e. The number of anilines is 1. The molecule has 1 amide bonds. The van der Waals surface area contributed by atoms with Crippen LogP contribution in [0.3, 0.4) is 0 Å². The highest BCUT2D eigenvalue weighted by Crippen LogP contribution is 2.32. The number of methoxy groups -OCH3 is 1. The largest absolute Gasteiger partial charge is 0.497 e. The highest BCUT2D eigenvalue weighted by molar-refractivity contribution is 7.99. The number of benzene rings is 3. The van der Waals surface area contributed by atoms with Crippen molar-refractivity contribution in [1.29, 1.82) is 0 Å². The monoisotopic (exact) mass is 469 g/mol. The van der Waals surface area contributed by atoms with Crippen LogP contribution < -0.4 is 10.1 Å². The van der Waals surface area contributed by atoms with Crippen molar-refractivity contribution in [3.63, 3.8) is 0 Å². The number of thioether (sulfide) groups is 1. The Bertz CT molecular complexity index is 1470. The summed E-state index contributed by atoms with van der Waals surface area (Å²) in [5.74, 6) is 1.46. The van der Waals surface area contributed by atoms with Crippen LogP contribution >= 0.6 is 11.8 Å². The van der Waals surface area contributed by atoms with Gasteiger partial charge in [-0.15, -0.1) is 10.2 Å². The van der Waals surface area contributed by atoms with E-state index >= 15 is 0 Å². The Morgan fingerprint density at radius 2 is 1.91 bits per heavy atom. The van der Waals surface area contributed by atoms with Gasteiger partial charge < -0.3 is 15.0 Å². The molecule has 0 bridgehead atoms. The van der Waals surface area contributed by atoms with Gasteiger partial charge in [0.15, 0.2) is 11.0 Å². The molecule has 3 aromatic carbocycles. The van der Waals surface area contributed by atoms with E-state index in [1.54, 1.807) is 13.2 Å². The second-order valence-corrected chi connectivity index (χ2v) is 8.74. The number of aromatic amines is 1. The number of nitrogens with zero attached hydrogens (tertiary/aromatic N) is 3. The third kappa shape index (κ3) is 4.40. The number of aromatic nitrogens is 4. The number of para-hydroxylation sites is 1. The number of carbonyl (C=O) groups is 1. The molecule has 0 saturated heterocycles. The fourth-order valence-corrected chi connectivity index (χ4v) is 4.57. The van der Waals surface area contributed by atoms with Crippen LogP contribution in [0.25, 0.3) is 28.0 Å². The summed E-state index contributed by atoms with van der Waals surface area (Å²) >= 11 is 1.34. The Hall–Kier alpha value is -4.04. The SMILES string of the molecule is COc1cccc(NC(=O)CSc2nnc(-c3c[nH]c4ccccc34)n2-c2cccc(C)c2)c1. The molecular weight excluding hydrogens is 446 g/mol. The number of H-pyrrole nitrogens is 1. The predicted molar refractivity (Wildman–Crippen MR) is 136 cm³/mol. The first-order chi connectivity index (χ1) is 16.6. The van der Waals surface area contributed by atoms with Crippen molar-refractivity contribution in [2.75, 3.05) is 18.2 Å². The van der Waals surface area contributed by atoms with Crippen LogP contribution in [0.2, 0.25) is 0 Å². The molecule has 0 unspecified atom stereocenters. The van der Waals surface area contributed by atoms with Crippen LogP contribution in [0.5, 0.6) is 5.75 Å². The molecule has 170 valence electrons. The molecule has 0 radical (unpaired) electrons. The zero-order chi connectivity index (χ0) is 23.5. The Morgan fingerprint density at radius 3 is 2.76 bits per heavy atom. The van der Waals surface area contributed by atoms with Crippen molar-refractivity contribution in [2.24, 2.45) is 0 Å². The number of aryl methyl sites for hydroxylation is 1. The highest BCUT2D eigenvalue weighted by atomic mass is 32.2. The van der Waals surface area contributed by atoms with E-state index in [2.05, 4.69) is 32.6 Å². The van der Waals surface area contributed by atoms with Crippen LogP contribution in [0.4, 0.5) is 5.69 Å². The van der Waals surface area contributed by atoms with E-state index in [-0.39, 0.29) is 11.7 Å². The number of amides is 1. The first-order valence-electron chi connectivity index (χ1n) is 10.8. The molecule has 5 rings (SSSR count). The lowest BCUT2D eigenvalue weighted by atomic mass is 10.1. The van der Waals surface area contributed by atoms with Gasteiger partial charge >= 0.3 is 0 Å². The Balaban J connectivity index is 1.46. The van der Waals surface area contributed by atoms with Gasteiger partial charge in [0.1, 0.15) is 5.75 Å². The molecular formula is C26H23N5O2S. The molecule has 34 heavy (non-hydrogen) atoms. The summed E-state index contributed by atoms with van der Waals surface area (Å²) in [5.41, 5.74) is 4.74. The summed E-state index contributed by atoms with van der Waals surface area (Å²) in [6.45, 7) is 2.05. The van der Waals surface area contributed by atoms with Crippen LogP contribution in [-0.4, -0.2) is 38.5 Å². The summed E-state index contributed by atoms with van der Waals surface area (Å²) in [4.78, 5) is 16.0. The van der Waals surface area contributed by atoms with Crippen molar-refractivity contribution in [3.05, 3.63) is 84.6 Å². The average Bonchev–Trinajstić information content (AvgIpc) is 3.47. The van der Waals surface area contributed by atoms with Gasteiger partial charge in [-0.05, 0) is 42.8 Å². The molecule has 0 aliphatic heterocycles. The lowest BCUT2D eigenvalue weighted by molar-refractivity contribution is -0.113. The summed E-state index contributed by atoms with van der Waals surface area (Å²) < 4.78 is 7.23. The summed E-state index contributed by atoms with van der Waals surface area (Å²) in [6, 6.07) is 23.5. The molecule has 0 aliphatic rings. The smallest absolute Gasteiger partial charge is 0.234 e. The van der Waals surface area contributed by atoms with Crippen molar-refractivity contribution >= 4 is 34.3 Å². The van der Waals surface area contributed by atoms with E-state index in [1.807, 2.05) is 72.3 Å². The summed E-state index contributed by atoms with van der Waals surface area (Å²) in [5, 5.41) is 13.6. The zero-order valence-electron chi connectivity index (χ0n) is 18.8. The van der Waals surface area contributed by atoms with E-state index in [0.717, 1.165) is 33.5 Å². The van der Waals surface area contributed by atoms with Crippen LogP contribution in [-0.2, 0) is 4.79 Å². The third-order valence-corrected chi connectivity index (χ3v) is 6.34. The molecule has 7 nitrogen and oxygen atoms in total. The van der Waals surface area contributed by atoms with E-state index in [1.165, 1.54) is 11.8 Å².